The summed E-state index contributed by atoms with van der Waals surface area (Å²) in [6, 6.07) is 192. The molecule has 0 fully saturated rings. The molecule has 0 N–H and O–H groups in total. The van der Waals surface area contributed by atoms with Crippen molar-refractivity contribution < 1.29 is 0 Å². The van der Waals surface area contributed by atoms with E-state index in [9.17, 15) is 0 Å². The fourth-order valence-corrected chi connectivity index (χ4v) is 23.4. The summed E-state index contributed by atoms with van der Waals surface area (Å²) in [5.74, 6) is 0. The van der Waals surface area contributed by atoms with Crippen LogP contribution in [-0.2, 0) is 0 Å². The number of benzene rings is 22. The van der Waals surface area contributed by atoms with Crippen molar-refractivity contribution in [2.24, 2.45) is 0 Å². The number of nitrogens with zero attached hydrogens (tertiary/aromatic N) is 4. The molecule has 0 aliphatic carbocycles. The van der Waals surface area contributed by atoms with E-state index in [1.165, 1.54) is 156 Å². The smallest absolute Gasteiger partial charge is 0.0547 e. The van der Waals surface area contributed by atoms with E-state index in [-0.39, 0.29) is 0 Å². The topological polar surface area (TPSA) is 16.3 Å². The van der Waals surface area contributed by atoms with Crippen LogP contribution in [0.15, 0.2) is 522 Å². The number of rotatable bonds is 19. The Labute approximate surface area is 808 Å². The highest BCUT2D eigenvalue weighted by Gasteiger charge is 2.24. The number of fused-ring (bicyclic) bond motifs is 12. The van der Waals surface area contributed by atoms with Crippen molar-refractivity contribution in [3.63, 3.8) is 0 Å². The molecule has 22 aromatic carbocycles. The molecule has 0 saturated carbocycles. The zero-order valence-corrected chi connectivity index (χ0v) is 76.9. The van der Waals surface area contributed by atoms with Crippen LogP contribution in [0, 0.1) is 0 Å². The first-order valence-electron chi connectivity index (χ1n) is 47.2. The minimum atomic E-state index is 1.08. The first-order valence-corrected chi connectivity index (χ1v) is 48.8. The quantitative estimate of drug-likeness (QED) is 0.0802. The lowest BCUT2D eigenvalue weighted by Gasteiger charge is -2.26. The first kappa shape index (κ1) is 81.3. The minimum absolute atomic E-state index is 1.08. The largest absolute Gasteiger partial charge is 0.311 e. The summed E-state index contributed by atoms with van der Waals surface area (Å²) >= 11 is 3.77. The average molecular weight is 1790 g/mol. The van der Waals surface area contributed by atoms with E-state index in [1.54, 1.807) is 0 Å². The van der Waals surface area contributed by atoms with Crippen molar-refractivity contribution in [3.05, 3.63) is 522 Å². The Morgan fingerprint density at radius 3 is 0.826 bits per heavy atom. The molecule has 0 aliphatic heterocycles. The summed E-state index contributed by atoms with van der Waals surface area (Å²) < 4.78 is 10.2. The zero-order valence-electron chi connectivity index (χ0n) is 75.3. The molecule has 26 aromatic rings. The van der Waals surface area contributed by atoms with E-state index in [0.717, 1.165) is 95.6 Å². The Hall–Kier alpha value is -17.5. The van der Waals surface area contributed by atoms with Gasteiger partial charge in [0.15, 0.2) is 0 Å². The van der Waals surface area contributed by atoms with Crippen molar-refractivity contribution in [3.8, 4) is 134 Å². The maximum Gasteiger partial charge on any atom is 0.0547 e. The Morgan fingerprint density at radius 1 is 0.138 bits per heavy atom. The molecule has 26 rings (SSSR count). The molecule has 4 aromatic heterocycles. The number of anilines is 6. The first-order chi connectivity index (χ1) is 68.4. The molecular weight excluding hydrogens is 1710 g/mol. The van der Waals surface area contributed by atoms with Crippen LogP contribution in [0.25, 0.3) is 218 Å². The summed E-state index contributed by atoms with van der Waals surface area (Å²) in [6.45, 7) is 0. The SMILES string of the molecule is c1ccc(-c2ccc(N(c3ccc(-c4ccccc4)cc3)c3ccc(-c4ccc(-c5ccccc5-n5c6ccccc6c6ccc(-c7cccc8c7sc7ccc(-c9cccc(-c%10ccc(-c%11ccc(N(c%12ccccc%12)c%12ccc(-c%13ccc(-c%14ccccc%14-n%14c%15ccccc%15c%15ccc(-c%16cccc%17c%16sc%16ccccc%16%17)cc%15%14)cc%13)cc%12)cc%11)cc%10)c9)cc78)cc65)cc4)cc3)cc2)cc1. The second kappa shape index (κ2) is 34.5. The van der Waals surface area contributed by atoms with Gasteiger partial charge >= 0.3 is 0 Å². The standard InChI is InChI=1S/C132H86N4S2/c1-4-23-87(24-5-1)92-57-70-108(71-58-92)134(109-72-59-93(60-73-109)88-25-6-2-7-26-88)110-78-65-96(66-79-110)91-51-55-99(56-52-91)112-32-11-16-41-124(112)136-126-43-18-13-34-116(126)118-81-68-104(86-128(118)136)114-37-22-39-121-122-84-102(69-82-130(122)138-132(114)121)101-28-20-27-100(83-101)97-47-45-89(46-48-97)94-61-74-106(75-62-94)133(105-29-8-3-9-30-105)107-76-63-95(64-77-107)90-49-53-98(54-50-90)111-31-10-15-40-123(111)135-125-42-17-12-33-115(125)117-80-67-103(85-127(117)135)113-36-21-38-120-119-35-14-19-44-129(119)137-131(113)120/h1-86H. The van der Waals surface area contributed by atoms with Crippen LogP contribution < -0.4 is 9.80 Å². The van der Waals surface area contributed by atoms with Gasteiger partial charge < -0.3 is 18.9 Å². The number of thiophene rings is 2. The van der Waals surface area contributed by atoms with Gasteiger partial charge in [0, 0.05) is 107 Å². The van der Waals surface area contributed by atoms with Gasteiger partial charge in [-0.3, -0.25) is 0 Å². The summed E-state index contributed by atoms with van der Waals surface area (Å²) in [5, 5.41) is 10.1. The summed E-state index contributed by atoms with van der Waals surface area (Å²) in [7, 11) is 0. The van der Waals surface area contributed by atoms with Crippen LogP contribution >= 0.6 is 22.7 Å². The summed E-state index contributed by atoms with van der Waals surface area (Å²) in [5.41, 5.74) is 39.5. The van der Waals surface area contributed by atoms with Gasteiger partial charge in [0.25, 0.3) is 0 Å². The number of para-hydroxylation sites is 5. The van der Waals surface area contributed by atoms with Gasteiger partial charge in [-0.1, -0.05) is 388 Å². The number of aromatic nitrogens is 2. The molecule has 0 amide bonds. The van der Waals surface area contributed by atoms with Gasteiger partial charge in [0.1, 0.15) is 0 Å². The van der Waals surface area contributed by atoms with Gasteiger partial charge in [0.2, 0.25) is 0 Å². The average Bonchev–Trinajstić information content (AvgIpc) is 1.58. The molecule has 0 radical (unpaired) electrons. The van der Waals surface area contributed by atoms with Gasteiger partial charge in [-0.05, 0) is 245 Å². The van der Waals surface area contributed by atoms with E-state index < -0.39 is 0 Å². The van der Waals surface area contributed by atoms with Gasteiger partial charge in [-0.25, -0.2) is 0 Å². The highest BCUT2D eigenvalue weighted by Crippen LogP contribution is 2.49. The molecule has 0 aliphatic rings. The molecular formula is C132H86N4S2. The lowest BCUT2D eigenvalue weighted by Crippen LogP contribution is -2.09. The van der Waals surface area contributed by atoms with E-state index in [0.29, 0.717) is 0 Å². The van der Waals surface area contributed by atoms with E-state index in [1.807, 2.05) is 22.7 Å². The molecule has 646 valence electrons. The van der Waals surface area contributed by atoms with Crippen molar-refractivity contribution in [1.29, 1.82) is 0 Å². The van der Waals surface area contributed by atoms with Crippen LogP contribution in [0.4, 0.5) is 34.1 Å². The summed E-state index contributed by atoms with van der Waals surface area (Å²) in [4.78, 5) is 4.70. The molecule has 4 nitrogen and oxygen atoms in total. The molecule has 138 heavy (non-hydrogen) atoms. The predicted molar refractivity (Wildman–Crippen MR) is 590 cm³/mol. The highest BCUT2D eigenvalue weighted by molar-refractivity contribution is 7.26. The van der Waals surface area contributed by atoms with Crippen LogP contribution in [0.5, 0.6) is 0 Å². The fourth-order valence-electron chi connectivity index (χ4n) is 21.0. The van der Waals surface area contributed by atoms with Crippen LogP contribution in [0.2, 0.25) is 0 Å². The molecule has 0 bridgehead atoms. The normalized spacial score (nSPS) is 11.6. The Morgan fingerprint density at radius 2 is 0.399 bits per heavy atom. The lowest BCUT2D eigenvalue weighted by atomic mass is 9.96. The number of hydrogen-bond donors (Lipinski definition) is 0. The van der Waals surface area contributed by atoms with Crippen molar-refractivity contribution in [2.75, 3.05) is 9.80 Å². The van der Waals surface area contributed by atoms with Crippen LogP contribution in [0.3, 0.4) is 0 Å². The Bertz CT molecular complexity index is 9030. The summed E-state index contributed by atoms with van der Waals surface area (Å²) in [6.07, 6.45) is 0. The Balaban J connectivity index is 0.444. The predicted octanol–water partition coefficient (Wildman–Crippen LogP) is 37.9. The molecule has 6 heteroatoms. The maximum absolute atomic E-state index is 2.49. The van der Waals surface area contributed by atoms with Crippen molar-refractivity contribution >= 4 is 141 Å². The van der Waals surface area contributed by atoms with E-state index >= 15 is 0 Å². The third-order valence-corrected chi connectivity index (χ3v) is 30.3. The second-order valence-corrected chi connectivity index (χ2v) is 37.9. The third kappa shape index (κ3) is 14.6. The monoisotopic (exact) mass is 1790 g/mol. The lowest BCUT2D eigenvalue weighted by molar-refractivity contribution is 1.18. The van der Waals surface area contributed by atoms with Gasteiger partial charge in [-0.2, -0.15) is 0 Å². The van der Waals surface area contributed by atoms with Crippen molar-refractivity contribution in [2.45, 2.75) is 0 Å². The third-order valence-electron chi connectivity index (χ3n) is 27.8. The Kier molecular flexibility index (Phi) is 20.3. The van der Waals surface area contributed by atoms with Crippen molar-refractivity contribution in [1.82, 2.24) is 9.13 Å². The number of hydrogen-bond acceptors (Lipinski definition) is 4. The van der Waals surface area contributed by atoms with Crippen LogP contribution in [0.1, 0.15) is 0 Å². The van der Waals surface area contributed by atoms with Crippen LogP contribution in [-0.4, -0.2) is 9.13 Å². The maximum atomic E-state index is 2.49. The van der Waals surface area contributed by atoms with E-state index in [4.69, 9.17) is 0 Å². The second-order valence-electron chi connectivity index (χ2n) is 35.8. The molecule has 0 unspecified atom stereocenters. The minimum Gasteiger partial charge on any atom is -0.311 e. The fraction of sp³-hybridized carbons (Fsp3) is 0. The highest BCUT2D eigenvalue weighted by atomic mass is 32.1. The molecule has 0 saturated heterocycles. The zero-order chi connectivity index (χ0) is 91.1. The molecule has 0 atom stereocenters. The van der Waals surface area contributed by atoms with E-state index in [2.05, 4.69) is 541 Å². The molecule has 0 spiro atoms. The van der Waals surface area contributed by atoms with Gasteiger partial charge in [0.05, 0.1) is 33.4 Å². The molecule has 4 heterocycles. The van der Waals surface area contributed by atoms with Gasteiger partial charge in [-0.15, -0.1) is 22.7 Å².